The molecule has 0 aliphatic carbocycles. The summed E-state index contributed by atoms with van der Waals surface area (Å²) in [5.41, 5.74) is 5.55. The average Bonchev–Trinajstić information content (AvgIpc) is 2.29. The van der Waals surface area contributed by atoms with Crippen molar-refractivity contribution in [2.75, 3.05) is 0 Å². The summed E-state index contributed by atoms with van der Waals surface area (Å²) in [7, 11) is 0. The second-order valence-electron chi connectivity index (χ2n) is 4.87. The van der Waals surface area contributed by atoms with E-state index in [9.17, 15) is 14.0 Å². The molecule has 3 amide bonds. The molecule has 0 saturated carbocycles. The maximum atomic E-state index is 13.1. The summed E-state index contributed by atoms with van der Waals surface area (Å²) in [6.45, 7) is 5.00. The lowest BCUT2D eigenvalue weighted by molar-refractivity contribution is -0.122. The Kier molecular flexibility index (Phi) is 4.47. The van der Waals surface area contributed by atoms with Gasteiger partial charge in [-0.3, -0.25) is 4.79 Å². The molecule has 1 rings (SSSR count). The van der Waals surface area contributed by atoms with Crippen molar-refractivity contribution < 1.29 is 14.0 Å². The van der Waals surface area contributed by atoms with Gasteiger partial charge in [0.2, 0.25) is 5.91 Å². The number of amides is 3. The Morgan fingerprint density at radius 1 is 1.37 bits per heavy atom. The zero-order chi connectivity index (χ0) is 14.6. The highest BCUT2D eigenvalue weighted by Crippen LogP contribution is 2.09. The number of urea groups is 1. The first kappa shape index (κ1) is 14.9. The van der Waals surface area contributed by atoms with Crippen molar-refractivity contribution in [3.8, 4) is 0 Å². The van der Waals surface area contributed by atoms with Gasteiger partial charge in [0.1, 0.15) is 11.4 Å². The summed E-state index contributed by atoms with van der Waals surface area (Å²) < 4.78 is 13.1. The summed E-state index contributed by atoms with van der Waals surface area (Å²) in [6, 6.07) is 3.81. The molecule has 19 heavy (non-hydrogen) atoms. The molecule has 0 fully saturated rings. The van der Waals surface area contributed by atoms with Crippen molar-refractivity contribution in [2.24, 2.45) is 5.73 Å². The highest BCUT2D eigenvalue weighted by atomic mass is 19.1. The van der Waals surface area contributed by atoms with Gasteiger partial charge in [-0.2, -0.15) is 0 Å². The Morgan fingerprint density at radius 3 is 2.58 bits per heavy atom. The van der Waals surface area contributed by atoms with Crippen LogP contribution in [0.2, 0.25) is 0 Å². The second kappa shape index (κ2) is 5.69. The molecule has 0 aliphatic rings. The highest BCUT2D eigenvalue weighted by molar-refractivity contribution is 5.89. The molecule has 1 aromatic rings. The summed E-state index contributed by atoms with van der Waals surface area (Å²) in [5, 5.41) is 5.00. The molecule has 0 saturated heterocycles. The van der Waals surface area contributed by atoms with E-state index in [1.54, 1.807) is 6.07 Å². The van der Waals surface area contributed by atoms with Gasteiger partial charge in [0, 0.05) is 6.54 Å². The maximum Gasteiger partial charge on any atom is 0.315 e. The largest absolute Gasteiger partial charge is 0.368 e. The summed E-state index contributed by atoms with van der Waals surface area (Å²) in [6.07, 6.45) is 0. The number of hydrogen-bond acceptors (Lipinski definition) is 2. The molecule has 0 atom stereocenters. The highest BCUT2D eigenvalue weighted by Gasteiger charge is 2.26. The van der Waals surface area contributed by atoms with Crippen LogP contribution in [0.25, 0.3) is 0 Å². The summed E-state index contributed by atoms with van der Waals surface area (Å²) in [5.74, 6) is -0.995. The zero-order valence-corrected chi connectivity index (χ0v) is 11.2. The molecule has 0 aromatic heterocycles. The molecule has 104 valence electrons. The van der Waals surface area contributed by atoms with E-state index >= 15 is 0 Å². The minimum atomic E-state index is -1.14. The fourth-order valence-electron chi connectivity index (χ4n) is 1.40. The number of carbonyl (C=O) groups excluding carboxylic acids is 2. The summed E-state index contributed by atoms with van der Waals surface area (Å²) in [4.78, 5) is 22.7. The van der Waals surface area contributed by atoms with Crippen LogP contribution in [0.5, 0.6) is 0 Å². The Hall–Kier alpha value is -2.11. The molecule has 1 aromatic carbocycles. The number of aryl methyl sites for hydroxylation is 1. The molecule has 0 aliphatic heterocycles. The molecule has 0 radical (unpaired) electrons. The minimum absolute atomic E-state index is 0.171. The van der Waals surface area contributed by atoms with Crippen LogP contribution in [0.4, 0.5) is 9.18 Å². The number of rotatable bonds is 4. The molecule has 0 bridgehead atoms. The third-order valence-corrected chi connectivity index (χ3v) is 2.79. The van der Waals surface area contributed by atoms with Crippen molar-refractivity contribution >= 4 is 11.9 Å². The van der Waals surface area contributed by atoms with E-state index < -0.39 is 17.5 Å². The lowest BCUT2D eigenvalue weighted by Gasteiger charge is -2.22. The van der Waals surface area contributed by atoms with E-state index in [4.69, 9.17) is 5.73 Å². The molecule has 0 heterocycles. The van der Waals surface area contributed by atoms with Gasteiger partial charge in [0.15, 0.2) is 0 Å². The van der Waals surface area contributed by atoms with Gasteiger partial charge in [-0.05, 0) is 44.0 Å². The van der Waals surface area contributed by atoms with Crippen LogP contribution in [-0.2, 0) is 11.3 Å². The van der Waals surface area contributed by atoms with Crippen LogP contribution in [0.3, 0.4) is 0 Å². The number of nitrogens with one attached hydrogen (secondary N) is 2. The molecular formula is C13H18FN3O2. The van der Waals surface area contributed by atoms with E-state index in [-0.39, 0.29) is 12.4 Å². The second-order valence-corrected chi connectivity index (χ2v) is 4.87. The van der Waals surface area contributed by atoms with Gasteiger partial charge in [-0.15, -0.1) is 0 Å². The Bertz CT molecular complexity index is 501. The average molecular weight is 267 g/mol. The first-order chi connectivity index (χ1) is 8.72. The number of carbonyl (C=O) groups is 2. The van der Waals surface area contributed by atoms with Gasteiger partial charge in [0.05, 0.1) is 0 Å². The smallest absolute Gasteiger partial charge is 0.315 e. The van der Waals surface area contributed by atoms with E-state index in [1.807, 2.05) is 6.92 Å². The Morgan fingerprint density at radius 2 is 2.00 bits per heavy atom. The van der Waals surface area contributed by atoms with Gasteiger partial charge in [-0.25, -0.2) is 9.18 Å². The third-order valence-electron chi connectivity index (χ3n) is 2.79. The first-order valence-corrected chi connectivity index (χ1v) is 5.83. The van der Waals surface area contributed by atoms with E-state index in [0.717, 1.165) is 5.56 Å². The number of benzene rings is 1. The molecule has 0 unspecified atom stereocenters. The number of nitrogens with two attached hydrogens (primary N) is 1. The van der Waals surface area contributed by atoms with E-state index in [2.05, 4.69) is 10.6 Å². The number of primary amides is 1. The monoisotopic (exact) mass is 267 g/mol. The fourth-order valence-corrected chi connectivity index (χ4v) is 1.40. The number of hydrogen-bond donors (Lipinski definition) is 3. The molecular weight excluding hydrogens is 249 g/mol. The quantitative estimate of drug-likeness (QED) is 0.765. The van der Waals surface area contributed by atoms with Gasteiger partial charge >= 0.3 is 6.03 Å². The predicted molar refractivity (Wildman–Crippen MR) is 69.8 cm³/mol. The molecule has 5 nitrogen and oxygen atoms in total. The maximum absolute atomic E-state index is 13.1. The standard InChI is InChI=1S/C13H18FN3O2/c1-8-4-5-10(14)6-9(8)7-16-12(19)17-13(2,3)11(15)18/h4-6H,7H2,1-3H3,(H2,15,18)(H2,16,17,19). The summed E-state index contributed by atoms with van der Waals surface area (Å²) >= 11 is 0. The molecule has 0 spiro atoms. The normalized spacial score (nSPS) is 10.9. The Labute approximate surface area is 111 Å². The van der Waals surface area contributed by atoms with Crippen molar-refractivity contribution in [1.29, 1.82) is 0 Å². The first-order valence-electron chi connectivity index (χ1n) is 5.83. The lowest BCUT2D eigenvalue weighted by atomic mass is 10.1. The molecule has 6 heteroatoms. The van der Waals surface area contributed by atoms with Gasteiger partial charge in [-0.1, -0.05) is 6.07 Å². The Balaban J connectivity index is 2.60. The lowest BCUT2D eigenvalue weighted by Crippen LogP contribution is -2.55. The van der Waals surface area contributed by atoms with Crippen molar-refractivity contribution in [3.05, 3.63) is 35.1 Å². The van der Waals surface area contributed by atoms with Crippen LogP contribution in [0.1, 0.15) is 25.0 Å². The van der Waals surface area contributed by atoms with Crippen LogP contribution < -0.4 is 16.4 Å². The third kappa shape index (κ3) is 4.24. The van der Waals surface area contributed by atoms with Crippen molar-refractivity contribution in [3.63, 3.8) is 0 Å². The van der Waals surface area contributed by atoms with Gasteiger partial charge in [0.25, 0.3) is 0 Å². The predicted octanol–water partition coefficient (Wildman–Crippen LogP) is 1.20. The zero-order valence-electron chi connectivity index (χ0n) is 11.2. The van der Waals surface area contributed by atoms with Crippen LogP contribution in [-0.4, -0.2) is 17.5 Å². The van der Waals surface area contributed by atoms with Crippen LogP contribution in [0.15, 0.2) is 18.2 Å². The van der Waals surface area contributed by atoms with Crippen molar-refractivity contribution in [2.45, 2.75) is 32.9 Å². The van der Waals surface area contributed by atoms with Crippen LogP contribution >= 0.6 is 0 Å². The number of halogens is 1. The fraction of sp³-hybridized carbons (Fsp3) is 0.385. The van der Waals surface area contributed by atoms with E-state index in [1.165, 1.54) is 26.0 Å². The molecule has 4 N–H and O–H groups in total. The minimum Gasteiger partial charge on any atom is -0.368 e. The van der Waals surface area contributed by atoms with Crippen LogP contribution in [0, 0.1) is 12.7 Å². The SMILES string of the molecule is Cc1ccc(F)cc1CNC(=O)NC(C)(C)C(N)=O. The topological polar surface area (TPSA) is 84.2 Å². The van der Waals surface area contributed by atoms with E-state index in [0.29, 0.717) is 5.56 Å². The van der Waals surface area contributed by atoms with Gasteiger partial charge < -0.3 is 16.4 Å². The van der Waals surface area contributed by atoms with Crippen molar-refractivity contribution in [1.82, 2.24) is 10.6 Å².